The number of carbonyl (C=O) groups is 1. The van der Waals surface area contributed by atoms with E-state index in [-0.39, 0.29) is 5.91 Å². The molecular weight excluding hydrogens is 284 g/mol. The van der Waals surface area contributed by atoms with Gasteiger partial charge in [-0.2, -0.15) is 5.10 Å². The summed E-state index contributed by atoms with van der Waals surface area (Å²) in [5, 5.41) is 11.2. The average molecular weight is 296 g/mol. The highest BCUT2D eigenvalue weighted by Gasteiger charge is 2.15. The van der Waals surface area contributed by atoms with Gasteiger partial charge in [0.05, 0.1) is 12.0 Å². The average Bonchev–Trinajstić information content (AvgIpc) is 2.94. The first-order valence-corrected chi connectivity index (χ1v) is 7.34. The van der Waals surface area contributed by atoms with Crippen molar-refractivity contribution in [1.82, 2.24) is 10.3 Å². The van der Waals surface area contributed by atoms with E-state index in [1.165, 1.54) is 11.8 Å². The predicted octanol–water partition coefficient (Wildman–Crippen LogP) is 2.30. The monoisotopic (exact) mass is 296 g/mol. The Labute approximate surface area is 126 Å². The second-order valence-electron chi connectivity index (χ2n) is 4.35. The number of nitrogens with zero attached hydrogens (tertiary/aromatic N) is 3. The summed E-state index contributed by atoms with van der Waals surface area (Å²) in [5.74, 6) is 0.373. The van der Waals surface area contributed by atoms with Crippen LogP contribution < -0.4 is 5.32 Å². The molecule has 1 aromatic heterocycles. The third-order valence-corrected chi connectivity index (χ3v) is 3.69. The lowest BCUT2D eigenvalue weighted by Crippen LogP contribution is -2.19. The SMILES string of the molecule is O=C1CSC(=NN=Cc2cccc(-c3cccnc3)c2)N1. The number of aromatic nitrogens is 1. The molecule has 1 N–H and O–H groups in total. The molecule has 104 valence electrons. The Kier molecular flexibility index (Phi) is 4.07. The smallest absolute Gasteiger partial charge is 0.236 e. The maximum Gasteiger partial charge on any atom is 0.236 e. The van der Waals surface area contributed by atoms with Gasteiger partial charge in [0.2, 0.25) is 5.91 Å². The van der Waals surface area contributed by atoms with Crippen molar-refractivity contribution in [2.75, 3.05) is 5.75 Å². The zero-order valence-electron chi connectivity index (χ0n) is 11.1. The lowest BCUT2D eigenvalue weighted by molar-refractivity contribution is -0.116. The molecule has 1 fully saturated rings. The number of carbonyl (C=O) groups excluding carboxylic acids is 1. The van der Waals surface area contributed by atoms with Gasteiger partial charge in [0.1, 0.15) is 0 Å². The van der Waals surface area contributed by atoms with Gasteiger partial charge in [-0.15, -0.1) is 5.10 Å². The quantitative estimate of drug-likeness (QED) is 0.698. The molecule has 6 heteroatoms. The molecule has 2 aromatic rings. The third kappa shape index (κ3) is 3.55. The lowest BCUT2D eigenvalue weighted by atomic mass is 10.1. The zero-order chi connectivity index (χ0) is 14.5. The van der Waals surface area contributed by atoms with Crippen molar-refractivity contribution < 1.29 is 4.79 Å². The van der Waals surface area contributed by atoms with Gasteiger partial charge in [0.15, 0.2) is 5.17 Å². The summed E-state index contributed by atoms with van der Waals surface area (Å²) in [6.07, 6.45) is 5.23. The van der Waals surface area contributed by atoms with Crippen LogP contribution in [0.3, 0.4) is 0 Å². The molecule has 1 aromatic carbocycles. The van der Waals surface area contributed by atoms with Gasteiger partial charge in [0.25, 0.3) is 0 Å². The maximum absolute atomic E-state index is 11.0. The van der Waals surface area contributed by atoms with Crippen LogP contribution in [0.5, 0.6) is 0 Å². The van der Waals surface area contributed by atoms with E-state index in [4.69, 9.17) is 0 Å². The van der Waals surface area contributed by atoms with Gasteiger partial charge in [0, 0.05) is 18.0 Å². The highest BCUT2D eigenvalue weighted by Crippen LogP contribution is 2.18. The van der Waals surface area contributed by atoms with E-state index in [2.05, 4.69) is 20.5 Å². The lowest BCUT2D eigenvalue weighted by Gasteiger charge is -2.01. The van der Waals surface area contributed by atoms with E-state index in [9.17, 15) is 4.79 Å². The van der Waals surface area contributed by atoms with Gasteiger partial charge in [-0.25, -0.2) is 0 Å². The highest BCUT2D eigenvalue weighted by molar-refractivity contribution is 8.15. The zero-order valence-corrected chi connectivity index (χ0v) is 11.9. The molecule has 0 saturated carbocycles. The summed E-state index contributed by atoms with van der Waals surface area (Å²) in [6.45, 7) is 0. The summed E-state index contributed by atoms with van der Waals surface area (Å²) in [7, 11) is 0. The van der Waals surface area contributed by atoms with Crippen LogP contribution in [0.4, 0.5) is 0 Å². The van der Waals surface area contributed by atoms with E-state index in [0.717, 1.165) is 16.7 Å². The van der Waals surface area contributed by atoms with Crippen LogP contribution in [0.2, 0.25) is 0 Å². The molecular formula is C15H12N4OS. The molecule has 0 aliphatic carbocycles. The normalized spacial score (nSPS) is 16.6. The van der Waals surface area contributed by atoms with Crippen molar-refractivity contribution in [3.63, 3.8) is 0 Å². The first-order chi connectivity index (χ1) is 10.3. The molecule has 21 heavy (non-hydrogen) atoms. The first-order valence-electron chi connectivity index (χ1n) is 6.35. The van der Waals surface area contributed by atoms with E-state index in [1.54, 1.807) is 12.4 Å². The summed E-state index contributed by atoms with van der Waals surface area (Å²) < 4.78 is 0. The van der Waals surface area contributed by atoms with Gasteiger partial charge in [-0.3, -0.25) is 9.78 Å². The Bertz CT molecular complexity index is 713. The number of thioether (sulfide) groups is 1. The Morgan fingerprint density at radius 3 is 2.90 bits per heavy atom. The number of hydrogen-bond acceptors (Lipinski definition) is 5. The van der Waals surface area contributed by atoms with E-state index < -0.39 is 0 Å². The molecule has 0 radical (unpaired) electrons. The van der Waals surface area contributed by atoms with Gasteiger partial charge in [-0.05, 0) is 23.3 Å². The molecule has 3 rings (SSSR count). The first kappa shape index (κ1) is 13.5. The highest BCUT2D eigenvalue weighted by atomic mass is 32.2. The Hall–Kier alpha value is -2.47. The summed E-state index contributed by atoms with van der Waals surface area (Å²) in [5.41, 5.74) is 3.07. The molecule has 2 heterocycles. The van der Waals surface area contributed by atoms with Crippen LogP contribution in [0, 0.1) is 0 Å². The largest absolute Gasteiger partial charge is 0.303 e. The minimum absolute atomic E-state index is 0.0347. The fourth-order valence-electron chi connectivity index (χ4n) is 1.86. The minimum Gasteiger partial charge on any atom is -0.303 e. The number of rotatable bonds is 3. The molecule has 0 spiro atoms. The van der Waals surface area contributed by atoms with Crippen molar-refractivity contribution in [2.24, 2.45) is 10.2 Å². The van der Waals surface area contributed by atoms with Crippen molar-refractivity contribution >= 4 is 29.1 Å². The summed E-state index contributed by atoms with van der Waals surface area (Å²) in [4.78, 5) is 15.1. The summed E-state index contributed by atoms with van der Waals surface area (Å²) >= 11 is 1.35. The fraction of sp³-hybridized carbons (Fsp3) is 0.0667. The molecule has 1 aliphatic rings. The Morgan fingerprint density at radius 2 is 2.14 bits per heavy atom. The second-order valence-corrected chi connectivity index (χ2v) is 5.32. The van der Waals surface area contributed by atoms with Crippen LogP contribution in [-0.2, 0) is 4.79 Å². The predicted molar refractivity (Wildman–Crippen MR) is 85.3 cm³/mol. The Balaban J connectivity index is 1.76. The topological polar surface area (TPSA) is 66.7 Å². The van der Waals surface area contributed by atoms with Crippen LogP contribution in [0.15, 0.2) is 59.0 Å². The molecule has 0 atom stereocenters. The van der Waals surface area contributed by atoms with Crippen molar-refractivity contribution in [3.05, 3.63) is 54.4 Å². The minimum atomic E-state index is -0.0347. The number of benzene rings is 1. The molecule has 0 unspecified atom stereocenters. The van der Waals surface area contributed by atoms with E-state index in [0.29, 0.717) is 10.9 Å². The Morgan fingerprint density at radius 1 is 1.24 bits per heavy atom. The fourth-order valence-corrected chi connectivity index (χ4v) is 2.49. The van der Waals surface area contributed by atoms with Crippen LogP contribution in [-0.4, -0.2) is 28.0 Å². The second kappa shape index (κ2) is 6.32. The number of pyridine rings is 1. The van der Waals surface area contributed by atoms with Crippen LogP contribution in [0.25, 0.3) is 11.1 Å². The molecule has 1 saturated heterocycles. The van der Waals surface area contributed by atoms with Crippen molar-refractivity contribution in [2.45, 2.75) is 0 Å². The summed E-state index contributed by atoms with van der Waals surface area (Å²) in [6, 6.07) is 11.9. The van der Waals surface area contributed by atoms with Crippen LogP contribution in [0.1, 0.15) is 5.56 Å². The van der Waals surface area contributed by atoms with Gasteiger partial charge < -0.3 is 5.32 Å². The molecule has 1 aliphatic heterocycles. The van der Waals surface area contributed by atoms with E-state index in [1.807, 2.05) is 42.6 Å². The number of amides is 1. The molecule has 5 nitrogen and oxygen atoms in total. The number of nitrogens with one attached hydrogen (secondary N) is 1. The van der Waals surface area contributed by atoms with Gasteiger partial charge >= 0.3 is 0 Å². The van der Waals surface area contributed by atoms with Crippen molar-refractivity contribution in [1.29, 1.82) is 0 Å². The molecule has 0 bridgehead atoms. The standard InChI is InChI=1S/C15H12N4OS/c20-14-10-21-15(18-14)19-17-8-11-3-1-4-12(7-11)13-5-2-6-16-9-13/h1-9H,10H2,(H,18,19,20). The van der Waals surface area contributed by atoms with Gasteiger partial charge in [-0.1, -0.05) is 36.0 Å². The molecule has 1 amide bonds. The van der Waals surface area contributed by atoms with Crippen LogP contribution >= 0.6 is 11.8 Å². The maximum atomic E-state index is 11.0. The number of amidine groups is 1. The number of hydrogen-bond donors (Lipinski definition) is 1. The third-order valence-electron chi connectivity index (χ3n) is 2.82. The van der Waals surface area contributed by atoms with Crippen molar-refractivity contribution in [3.8, 4) is 11.1 Å². The van der Waals surface area contributed by atoms with E-state index >= 15 is 0 Å².